The first-order valence-corrected chi connectivity index (χ1v) is 10.1. The average molecular weight is 418 g/mol. The highest BCUT2D eigenvalue weighted by Gasteiger charge is 2.47. The third-order valence-electron chi connectivity index (χ3n) is 4.68. The van der Waals surface area contributed by atoms with Crippen LogP contribution in [0.3, 0.4) is 0 Å². The molecule has 1 N–H and O–H groups in total. The number of hydrogen-bond donors (Lipinski definition) is 1. The molecule has 1 amide bonds. The van der Waals surface area contributed by atoms with E-state index in [9.17, 15) is 14.7 Å². The Labute approximate surface area is 177 Å². The molecule has 0 spiro atoms. The van der Waals surface area contributed by atoms with E-state index in [2.05, 4.69) is 11.6 Å². The van der Waals surface area contributed by atoms with Gasteiger partial charge in [-0.2, -0.15) is 0 Å². The minimum Gasteiger partial charge on any atom is -0.507 e. The van der Waals surface area contributed by atoms with Crippen LogP contribution in [0.5, 0.6) is 5.75 Å². The van der Waals surface area contributed by atoms with Crippen molar-refractivity contribution in [3.63, 3.8) is 0 Å². The molecule has 1 fully saturated rings. The zero-order valence-electron chi connectivity index (χ0n) is 15.9. The molecule has 2 heterocycles. The van der Waals surface area contributed by atoms with Gasteiger partial charge in [-0.25, -0.2) is 4.98 Å². The summed E-state index contributed by atoms with van der Waals surface area (Å²) in [6, 6.07) is 15.0. The molecule has 4 rings (SSSR count). The number of thiazole rings is 1. The summed E-state index contributed by atoms with van der Waals surface area (Å²) in [5.41, 5.74) is 1.15. The molecule has 1 aliphatic rings. The lowest BCUT2D eigenvalue weighted by molar-refractivity contribution is -0.132. The molecule has 150 valence electrons. The molecule has 1 unspecified atom stereocenters. The highest BCUT2D eigenvalue weighted by atomic mass is 32.1. The number of carbonyl (C=O) groups excluding carboxylic acids is 2. The number of anilines is 1. The number of nitrogens with zero attached hydrogens (tertiary/aromatic N) is 2. The minimum absolute atomic E-state index is 0.0289. The van der Waals surface area contributed by atoms with E-state index < -0.39 is 17.7 Å². The van der Waals surface area contributed by atoms with Crippen molar-refractivity contribution in [3.8, 4) is 5.75 Å². The van der Waals surface area contributed by atoms with Crippen LogP contribution in [0.25, 0.3) is 5.76 Å². The lowest BCUT2D eigenvalue weighted by Crippen LogP contribution is -2.29. The van der Waals surface area contributed by atoms with E-state index in [1.807, 2.05) is 30.3 Å². The van der Waals surface area contributed by atoms with Crippen molar-refractivity contribution in [2.24, 2.45) is 0 Å². The quantitative estimate of drug-likeness (QED) is 0.279. The molecule has 2 aromatic carbocycles. The number of amides is 1. The van der Waals surface area contributed by atoms with Crippen molar-refractivity contribution in [1.82, 2.24) is 4.98 Å². The molecule has 0 radical (unpaired) electrons. The SMILES string of the molecule is C=CCOc1ccc(C(O)=C2C(=O)C(=O)N(c3nccs3)C2c2ccccc2)cc1. The molecule has 0 bridgehead atoms. The summed E-state index contributed by atoms with van der Waals surface area (Å²) in [7, 11) is 0. The second-order valence-electron chi connectivity index (χ2n) is 6.52. The summed E-state index contributed by atoms with van der Waals surface area (Å²) in [4.78, 5) is 31.4. The Morgan fingerprint density at radius 1 is 1.17 bits per heavy atom. The molecule has 1 aliphatic heterocycles. The number of hydrogen-bond acceptors (Lipinski definition) is 6. The van der Waals surface area contributed by atoms with Gasteiger partial charge in [0.25, 0.3) is 5.78 Å². The largest absolute Gasteiger partial charge is 0.507 e. The van der Waals surface area contributed by atoms with Gasteiger partial charge in [0.2, 0.25) is 0 Å². The van der Waals surface area contributed by atoms with Gasteiger partial charge in [-0.05, 0) is 29.8 Å². The van der Waals surface area contributed by atoms with Crippen LogP contribution in [0.1, 0.15) is 17.2 Å². The van der Waals surface area contributed by atoms with Gasteiger partial charge >= 0.3 is 5.91 Å². The molecule has 1 saturated heterocycles. The predicted octanol–water partition coefficient (Wildman–Crippen LogP) is 4.33. The number of Topliss-reactive ketones (excluding diaryl/α,β-unsaturated/α-hetero) is 1. The molecular formula is C23H18N2O4S. The van der Waals surface area contributed by atoms with E-state index in [0.29, 0.717) is 28.6 Å². The highest BCUT2D eigenvalue weighted by Crippen LogP contribution is 2.42. The van der Waals surface area contributed by atoms with Crippen LogP contribution in [0.2, 0.25) is 0 Å². The maximum absolute atomic E-state index is 12.9. The lowest BCUT2D eigenvalue weighted by atomic mass is 9.95. The summed E-state index contributed by atoms with van der Waals surface area (Å²) >= 11 is 1.26. The fourth-order valence-electron chi connectivity index (χ4n) is 3.34. The minimum atomic E-state index is -0.769. The van der Waals surface area contributed by atoms with E-state index in [0.717, 1.165) is 0 Å². The van der Waals surface area contributed by atoms with E-state index >= 15 is 0 Å². The van der Waals surface area contributed by atoms with Crippen LogP contribution >= 0.6 is 11.3 Å². The fraction of sp³-hybridized carbons (Fsp3) is 0.0870. The zero-order chi connectivity index (χ0) is 21.1. The standard InChI is InChI=1S/C23H18N2O4S/c1-2-13-29-17-10-8-16(9-11-17)20(26)18-19(15-6-4-3-5-7-15)25(22(28)21(18)27)23-24-12-14-30-23/h2-12,14,19,26H,1,13H2. The molecule has 3 aromatic rings. The van der Waals surface area contributed by atoms with Gasteiger partial charge in [0, 0.05) is 17.1 Å². The van der Waals surface area contributed by atoms with Gasteiger partial charge in [0.15, 0.2) is 5.13 Å². The van der Waals surface area contributed by atoms with Gasteiger partial charge in [-0.15, -0.1) is 11.3 Å². The normalized spacial score (nSPS) is 17.9. The number of ether oxygens (including phenoxy) is 1. The maximum atomic E-state index is 12.9. The van der Waals surface area contributed by atoms with Crippen molar-refractivity contribution in [3.05, 3.63) is 95.5 Å². The Morgan fingerprint density at radius 2 is 1.90 bits per heavy atom. The second-order valence-corrected chi connectivity index (χ2v) is 7.39. The van der Waals surface area contributed by atoms with Crippen molar-refractivity contribution in [1.29, 1.82) is 0 Å². The molecule has 7 heteroatoms. The first kappa shape index (κ1) is 19.6. The second kappa shape index (κ2) is 8.34. The van der Waals surface area contributed by atoms with E-state index in [1.54, 1.807) is 41.9 Å². The first-order chi connectivity index (χ1) is 14.6. The molecule has 1 aromatic heterocycles. The molecular weight excluding hydrogens is 400 g/mol. The van der Waals surface area contributed by atoms with Gasteiger partial charge < -0.3 is 9.84 Å². The number of rotatable bonds is 6. The summed E-state index contributed by atoms with van der Waals surface area (Å²) < 4.78 is 5.46. The van der Waals surface area contributed by atoms with Crippen molar-refractivity contribution < 1.29 is 19.4 Å². The van der Waals surface area contributed by atoms with Crippen LogP contribution in [0, 0.1) is 0 Å². The maximum Gasteiger partial charge on any atom is 0.301 e. The Kier molecular flexibility index (Phi) is 5.45. The van der Waals surface area contributed by atoms with E-state index in [-0.39, 0.29) is 11.3 Å². The van der Waals surface area contributed by atoms with Gasteiger partial charge in [-0.3, -0.25) is 14.5 Å². The van der Waals surface area contributed by atoms with Crippen LogP contribution in [-0.4, -0.2) is 28.4 Å². The smallest absolute Gasteiger partial charge is 0.301 e. The fourth-order valence-corrected chi connectivity index (χ4v) is 4.00. The van der Waals surface area contributed by atoms with Crippen LogP contribution in [0.15, 0.2) is 84.4 Å². The van der Waals surface area contributed by atoms with Crippen LogP contribution < -0.4 is 9.64 Å². The van der Waals surface area contributed by atoms with Crippen molar-refractivity contribution in [2.75, 3.05) is 11.5 Å². The Morgan fingerprint density at radius 3 is 2.53 bits per heavy atom. The summed E-state index contributed by atoms with van der Waals surface area (Å²) in [6.07, 6.45) is 3.21. The summed E-state index contributed by atoms with van der Waals surface area (Å²) in [5, 5.41) is 13.2. The van der Waals surface area contributed by atoms with Gasteiger partial charge in [0.1, 0.15) is 18.1 Å². The van der Waals surface area contributed by atoms with Crippen LogP contribution in [0.4, 0.5) is 5.13 Å². The summed E-state index contributed by atoms with van der Waals surface area (Å²) in [5.74, 6) is -1.10. The topological polar surface area (TPSA) is 79.7 Å². The Balaban J connectivity index is 1.82. The van der Waals surface area contributed by atoms with E-state index in [1.165, 1.54) is 16.2 Å². The number of aliphatic hydroxyl groups excluding tert-OH is 1. The van der Waals surface area contributed by atoms with E-state index in [4.69, 9.17) is 4.74 Å². The Bertz CT molecular complexity index is 1110. The molecule has 0 saturated carbocycles. The number of carbonyl (C=O) groups is 2. The van der Waals surface area contributed by atoms with Gasteiger partial charge in [-0.1, -0.05) is 43.0 Å². The van der Waals surface area contributed by atoms with Crippen LogP contribution in [-0.2, 0) is 9.59 Å². The predicted molar refractivity (Wildman–Crippen MR) is 115 cm³/mol. The highest BCUT2D eigenvalue weighted by molar-refractivity contribution is 7.14. The first-order valence-electron chi connectivity index (χ1n) is 9.21. The number of benzene rings is 2. The number of aromatic nitrogens is 1. The third-order valence-corrected chi connectivity index (χ3v) is 5.45. The monoisotopic (exact) mass is 418 g/mol. The van der Waals surface area contributed by atoms with Gasteiger partial charge in [0.05, 0.1) is 11.6 Å². The number of ketones is 1. The Hall–Kier alpha value is -3.71. The van der Waals surface area contributed by atoms with Crippen molar-refractivity contribution in [2.45, 2.75) is 6.04 Å². The van der Waals surface area contributed by atoms with Crippen molar-refractivity contribution >= 4 is 33.9 Å². The molecule has 1 atom stereocenters. The zero-order valence-corrected chi connectivity index (χ0v) is 16.7. The summed E-state index contributed by atoms with van der Waals surface area (Å²) in [6.45, 7) is 3.96. The molecule has 30 heavy (non-hydrogen) atoms. The molecule has 6 nitrogen and oxygen atoms in total. The number of aliphatic hydroxyl groups is 1. The molecule has 0 aliphatic carbocycles. The lowest BCUT2D eigenvalue weighted by Gasteiger charge is -2.22. The third kappa shape index (κ3) is 3.51. The average Bonchev–Trinajstić information content (AvgIpc) is 3.40.